The van der Waals surface area contributed by atoms with Gasteiger partial charge in [0.25, 0.3) is 0 Å². The van der Waals surface area contributed by atoms with Gasteiger partial charge in [-0.1, -0.05) is 71.8 Å². The van der Waals surface area contributed by atoms with E-state index >= 15 is 0 Å². The number of rotatable bonds is 27. The first kappa shape index (κ1) is 43.2. The van der Waals surface area contributed by atoms with Gasteiger partial charge in [0.2, 0.25) is 11.8 Å². The van der Waals surface area contributed by atoms with Crippen molar-refractivity contribution in [1.29, 1.82) is 0 Å². The van der Waals surface area contributed by atoms with E-state index in [9.17, 15) is 19.5 Å². The fraction of sp³-hybridized carbons (Fsp3) is 0.415. The molecule has 15 nitrogen and oxygen atoms in total. The molecule has 0 fully saturated rings. The van der Waals surface area contributed by atoms with Gasteiger partial charge in [0.1, 0.15) is 11.9 Å². The van der Waals surface area contributed by atoms with E-state index in [0.717, 1.165) is 33.3 Å². The maximum Gasteiger partial charge on any atom is 0.305 e. The topological polar surface area (TPSA) is 206 Å². The zero-order valence-electron chi connectivity index (χ0n) is 31.7. The molecule has 0 aliphatic heterocycles. The second-order valence-corrected chi connectivity index (χ2v) is 12.9. The van der Waals surface area contributed by atoms with Crippen LogP contribution >= 0.6 is 0 Å². The number of amides is 2. The maximum absolute atomic E-state index is 13.7. The first-order chi connectivity index (χ1) is 27.3. The highest BCUT2D eigenvalue weighted by atomic mass is 16.6. The number of carboxylic acids is 1. The molecule has 0 radical (unpaired) electrons. The Morgan fingerprint density at radius 2 is 1.54 bits per heavy atom. The van der Waals surface area contributed by atoms with Crippen molar-refractivity contribution >= 4 is 34.4 Å². The van der Waals surface area contributed by atoms with Crippen LogP contribution in [0.25, 0.3) is 32.3 Å². The normalized spacial score (nSPS) is 12.0. The Labute approximate surface area is 326 Å². The molecule has 0 saturated heterocycles. The predicted molar refractivity (Wildman–Crippen MR) is 213 cm³/mol. The molecule has 0 saturated carbocycles. The zero-order chi connectivity index (χ0) is 39.8. The monoisotopic (exact) mass is 769 g/mol. The summed E-state index contributed by atoms with van der Waals surface area (Å²) in [6.07, 6.45) is 2.84. The molecule has 56 heavy (non-hydrogen) atoms. The van der Waals surface area contributed by atoms with Crippen molar-refractivity contribution in [3.8, 4) is 11.1 Å². The molecule has 4 aromatic rings. The highest BCUT2D eigenvalue weighted by molar-refractivity contribution is 5.96. The summed E-state index contributed by atoms with van der Waals surface area (Å²) in [5.74, 6) is -1.21. The molecule has 3 aromatic carbocycles. The van der Waals surface area contributed by atoms with Gasteiger partial charge in [0, 0.05) is 30.6 Å². The van der Waals surface area contributed by atoms with Crippen LogP contribution in [0.15, 0.2) is 90.2 Å². The number of carbonyl (C=O) groups is 3. The number of aliphatic carboxylic acids is 1. The van der Waals surface area contributed by atoms with Crippen LogP contribution in [0.1, 0.15) is 42.9 Å². The maximum atomic E-state index is 13.7. The number of nitrogens with one attached hydrogen (secondary N) is 3. The summed E-state index contributed by atoms with van der Waals surface area (Å²) in [5, 5.41) is 24.2. The molecule has 2 unspecified atom stereocenters. The van der Waals surface area contributed by atoms with Crippen molar-refractivity contribution in [3.63, 3.8) is 0 Å². The van der Waals surface area contributed by atoms with E-state index in [1.807, 2.05) is 79.7 Å². The molecule has 1 aromatic heterocycles. The van der Waals surface area contributed by atoms with Gasteiger partial charge in [-0.3, -0.25) is 14.4 Å². The summed E-state index contributed by atoms with van der Waals surface area (Å²) in [6.45, 7) is 4.81. The van der Waals surface area contributed by atoms with Crippen LogP contribution in [0.4, 0.5) is 5.82 Å². The lowest BCUT2D eigenvalue weighted by Crippen LogP contribution is -2.50. The smallest absolute Gasteiger partial charge is 0.305 e. The number of fused-ring (bicyclic) bond motifs is 1. The van der Waals surface area contributed by atoms with Crippen LogP contribution in [0.3, 0.4) is 0 Å². The van der Waals surface area contributed by atoms with Crippen LogP contribution < -0.4 is 16.0 Å². The molecule has 4 rings (SSSR count). The van der Waals surface area contributed by atoms with Crippen LogP contribution in [-0.2, 0) is 33.3 Å². The molecule has 4 N–H and O–H groups in total. The minimum absolute atomic E-state index is 0.148. The third-order valence-electron chi connectivity index (χ3n) is 8.61. The summed E-state index contributed by atoms with van der Waals surface area (Å²) >= 11 is 0. The first-order valence-electron chi connectivity index (χ1n) is 18.7. The number of anilines is 1. The number of carboxylic acid groups (broad SMARTS) is 1. The Hall–Kier alpha value is -5.57. The van der Waals surface area contributed by atoms with E-state index in [0.29, 0.717) is 58.0 Å². The van der Waals surface area contributed by atoms with E-state index in [2.05, 4.69) is 37.0 Å². The van der Waals surface area contributed by atoms with Crippen molar-refractivity contribution in [2.75, 3.05) is 71.3 Å². The summed E-state index contributed by atoms with van der Waals surface area (Å²) < 4.78 is 22.0. The molecule has 0 aliphatic rings. The van der Waals surface area contributed by atoms with Gasteiger partial charge >= 0.3 is 5.97 Å². The number of hydrogen-bond donors (Lipinski definition) is 4. The number of unbranched alkanes of at least 4 members (excludes halogenated alkanes) is 1. The molecule has 15 heteroatoms. The Morgan fingerprint density at radius 1 is 0.839 bits per heavy atom. The molecular weight excluding hydrogens is 718 g/mol. The lowest BCUT2D eigenvalue weighted by Gasteiger charge is -2.23. The molecular formula is C41H51N7O8. The van der Waals surface area contributed by atoms with Crippen molar-refractivity contribution in [2.45, 2.75) is 44.7 Å². The molecule has 298 valence electrons. The van der Waals surface area contributed by atoms with E-state index in [4.69, 9.17) is 24.5 Å². The number of azide groups is 1. The standard InChI is InChI=1S/C41H51N7O8/c1-30-16-18-44-38(27-30)43-17-5-4-11-39(49)46-37(29-56-26-25-55-24-23-54-22-21-53-20-19-45-48-42)41(52)47-36(28-40(50)51)33-14-12-32(13-15-33)35-10-6-8-31-7-2-3-9-34(31)35/h2-3,6-10,12-16,18,27,36-37H,4-5,11,17,19-26,28-29H2,1H3,(H,43,44)(H,46,49)(H,47,52)(H,50,51). The van der Waals surface area contributed by atoms with Gasteiger partial charge in [-0.05, 0) is 70.5 Å². The fourth-order valence-corrected chi connectivity index (χ4v) is 5.79. The largest absolute Gasteiger partial charge is 0.481 e. The predicted octanol–water partition coefficient (Wildman–Crippen LogP) is 5.99. The number of carbonyl (C=O) groups excluding carboxylic acids is 2. The summed E-state index contributed by atoms with van der Waals surface area (Å²) in [7, 11) is 0. The van der Waals surface area contributed by atoms with Gasteiger partial charge in [-0.15, -0.1) is 0 Å². The van der Waals surface area contributed by atoms with Gasteiger partial charge in [0.05, 0.1) is 65.3 Å². The van der Waals surface area contributed by atoms with Gasteiger partial charge < -0.3 is 40.0 Å². The fourth-order valence-electron chi connectivity index (χ4n) is 5.79. The number of aromatic nitrogens is 1. The Morgan fingerprint density at radius 3 is 2.25 bits per heavy atom. The molecule has 2 amide bonds. The molecule has 1 heterocycles. The summed E-state index contributed by atoms with van der Waals surface area (Å²) in [6, 6.07) is 23.5. The van der Waals surface area contributed by atoms with Gasteiger partial charge in [-0.25, -0.2) is 4.98 Å². The molecule has 0 spiro atoms. The van der Waals surface area contributed by atoms with E-state index in [1.54, 1.807) is 6.20 Å². The Kier molecular flexibility index (Phi) is 19.1. The first-order valence-corrected chi connectivity index (χ1v) is 18.7. The number of aryl methyl sites for hydroxylation is 1. The van der Waals surface area contributed by atoms with Crippen LogP contribution in [0.5, 0.6) is 0 Å². The zero-order valence-corrected chi connectivity index (χ0v) is 31.7. The van der Waals surface area contributed by atoms with Crippen LogP contribution in [0.2, 0.25) is 0 Å². The number of pyridine rings is 1. The summed E-state index contributed by atoms with van der Waals surface area (Å²) in [5.41, 5.74) is 12.0. The minimum Gasteiger partial charge on any atom is -0.481 e. The lowest BCUT2D eigenvalue weighted by atomic mass is 9.95. The number of hydrogen-bond acceptors (Lipinski definition) is 10. The minimum atomic E-state index is -1.08. The average molecular weight is 770 g/mol. The second-order valence-electron chi connectivity index (χ2n) is 12.9. The molecule has 0 aliphatic carbocycles. The number of nitrogens with zero attached hydrogens (tertiary/aromatic N) is 4. The number of benzene rings is 3. The van der Waals surface area contributed by atoms with E-state index < -0.39 is 24.0 Å². The molecule has 2 atom stereocenters. The van der Waals surface area contributed by atoms with Crippen molar-refractivity contribution < 1.29 is 38.4 Å². The molecule has 0 bridgehead atoms. The van der Waals surface area contributed by atoms with Crippen LogP contribution in [-0.4, -0.2) is 99.9 Å². The SMILES string of the molecule is Cc1ccnc(NCCCCC(=O)NC(COCCOCCOCCOCCN=[N+]=[N-])C(=O)NC(CC(=O)O)c2ccc(-c3cccc4ccccc34)cc2)c1. The third-order valence-corrected chi connectivity index (χ3v) is 8.61. The lowest BCUT2D eigenvalue weighted by molar-refractivity contribution is -0.138. The van der Waals surface area contributed by atoms with E-state index in [1.165, 1.54) is 0 Å². The van der Waals surface area contributed by atoms with Gasteiger partial charge in [-0.2, -0.15) is 0 Å². The summed E-state index contributed by atoms with van der Waals surface area (Å²) in [4.78, 5) is 45.6. The van der Waals surface area contributed by atoms with Crippen molar-refractivity contribution in [3.05, 3.63) is 107 Å². The van der Waals surface area contributed by atoms with Gasteiger partial charge in [0.15, 0.2) is 0 Å². The Bertz CT molecular complexity index is 1870. The van der Waals surface area contributed by atoms with Crippen molar-refractivity contribution in [1.82, 2.24) is 15.6 Å². The van der Waals surface area contributed by atoms with Crippen molar-refractivity contribution in [2.24, 2.45) is 5.11 Å². The third kappa shape index (κ3) is 15.7. The highest BCUT2D eigenvalue weighted by Gasteiger charge is 2.26. The number of ether oxygens (including phenoxy) is 4. The van der Waals surface area contributed by atoms with Crippen LogP contribution in [0, 0.1) is 6.92 Å². The highest BCUT2D eigenvalue weighted by Crippen LogP contribution is 2.30. The second kappa shape index (κ2) is 24.8. The average Bonchev–Trinajstić information content (AvgIpc) is 3.20. The van der Waals surface area contributed by atoms with E-state index in [-0.39, 0.29) is 45.1 Å². The Balaban J connectivity index is 1.31. The quantitative estimate of drug-likeness (QED) is 0.0241.